The fourth-order valence-electron chi connectivity index (χ4n) is 1.84. The summed E-state index contributed by atoms with van der Waals surface area (Å²) >= 11 is 5.80. The van der Waals surface area contributed by atoms with Gasteiger partial charge >= 0.3 is 0 Å². The summed E-state index contributed by atoms with van der Waals surface area (Å²) in [6, 6.07) is 7.01. The lowest BCUT2D eigenvalue weighted by molar-refractivity contribution is 0.600. The maximum absolute atomic E-state index is 11.9. The van der Waals surface area contributed by atoms with Crippen LogP contribution in [0.4, 0.5) is 17.2 Å². The van der Waals surface area contributed by atoms with Gasteiger partial charge in [0.15, 0.2) is 0 Å². The number of para-hydroxylation sites is 2. The van der Waals surface area contributed by atoms with Crippen LogP contribution in [-0.4, -0.2) is 24.1 Å². The van der Waals surface area contributed by atoms with Crippen molar-refractivity contribution in [3.63, 3.8) is 0 Å². The molecule has 1 heterocycles. The molecule has 22 heavy (non-hydrogen) atoms. The van der Waals surface area contributed by atoms with E-state index in [4.69, 9.17) is 11.6 Å². The van der Waals surface area contributed by atoms with Crippen LogP contribution in [-0.2, 0) is 10.0 Å². The van der Waals surface area contributed by atoms with E-state index in [2.05, 4.69) is 20.0 Å². The highest BCUT2D eigenvalue weighted by Gasteiger charge is 2.12. The molecule has 1 aromatic heterocycles. The molecular formula is C14H17ClN4O2S. The maximum atomic E-state index is 11.9. The first-order valence-corrected chi connectivity index (χ1v) is 8.80. The van der Waals surface area contributed by atoms with E-state index in [0.717, 1.165) is 5.56 Å². The first kappa shape index (κ1) is 16.5. The number of hydrogen-bond acceptors (Lipinski definition) is 5. The molecule has 2 N–H and O–H groups in total. The lowest BCUT2D eigenvalue weighted by Crippen LogP contribution is -2.17. The quantitative estimate of drug-likeness (QED) is 0.788. The average molecular weight is 341 g/mol. The highest BCUT2D eigenvalue weighted by atomic mass is 35.5. The lowest BCUT2D eigenvalue weighted by atomic mass is 10.2. The molecule has 118 valence electrons. The summed E-state index contributed by atoms with van der Waals surface area (Å²) in [5.41, 5.74) is 1.86. The molecule has 2 rings (SSSR count). The Labute approximate surface area is 135 Å². The SMILES string of the molecule is CCCS(=O)(=O)Nc1ccccc1Nc1nc(Cl)ncc1C. The van der Waals surface area contributed by atoms with Crippen molar-refractivity contribution < 1.29 is 8.42 Å². The minimum Gasteiger partial charge on any atom is -0.338 e. The van der Waals surface area contributed by atoms with E-state index in [-0.39, 0.29) is 11.0 Å². The monoisotopic (exact) mass is 340 g/mol. The zero-order valence-electron chi connectivity index (χ0n) is 12.3. The molecule has 0 aliphatic carbocycles. The van der Waals surface area contributed by atoms with E-state index in [0.29, 0.717) is 23.6 Å². The summed E-state index contributed by atoms with van der Waals surface area (Å²) in [5, 5.41) is 3.21. The Balaban J connectivity index is 2.31. The van der Waals surface area contributed by atoms with Gasteiger partial charge in [0.25, 0.3) is 0 Å². The zero-order valence-corrected chi connectivity index (χ0v) is 13.9. The molecule has 6 nitrogen and oxygen atoms in total. The standard InChI is InChI=1S/C14H17ClN4O2S/c1-3-8-22(20,21)19-12-7-5-4-6-11(12)17-13-10(2)9-16-14(15)18-13/h4-7,9,19H,3,8H2,1-2H3,(H,16,17,18). The van der Waals surface area contributed by atoms with E-state index in [9.17, 15) is 8.42 Å². The van der Waals surface area contributed by atoms with E-state index in [1.54, 1.807) is 30.5 Å². The molecule has 0 saturated heterocycles. The maximum Gasteiger partial charge on any atom is 0.232 e. The number of hydrogen-bond donors (Lipinski definition) is 2. The predicted molar refractivity (Wildman–Crippen MR) is 89.2 cm³/mol. The van der Waals surface area contributed by atoms with Gasteiger partial charge in [0.1, 0.15) is 5.82 Å². The molecule has 0 aliphatic heterocycles. The predicted octanol–water partition coefficient (Wildman–Crippen LogP) is 3.33. The molecule has 0 atom stereocenters. The molecule has 0 aliphatic rings. The molecule has 0 fully saturated rings. The lowest BCUT2D eigenvalue weighted by Gasteiger charge is -2.14. The van der Waals surface area contributed by atoms with Crippen LogP contribution in [0.1, 0.15) is 18.9 Å². The third-order valence-corrected chi connectivity index (χ3v) is 4.52. The van der Waals surface area contributed by atoms with Crippen molar-refractivity contribution in [2.45, 2.75) is 20.3 Å². The minimum atomic E-state index is -3.37. The van der Waals surface area contributed by atoms with Gasteiger partial charge in [0.05, 0.1) is 17.1 Å². The number of aryl methyl sites for hydroxylation is 1. The van der Waals surface area contributed by atoms with Gasteiger partial charge in [0, 0.05) is 11.8 Å². The largest absolute Gasteiger partial charge is 0.338 e. The van der Waals surface area contributed by atoms with Gasteiger partial charge in [-0.25, -0.2) is 18.4 Å². The average Bonchev–Trinajstić information content (AvgIpc) is 2.44. The summed E-state index contributed by atoms with van der Waals surface area (Å²) in [4.78, 5) is 8.00. The van der Waals surface area contributed by atoms with E-state index < -0.39 is 10.0 Å². The van der Waals surface area contributed by atoms with Gasteiger partial charge < -0.3 is 5.32 Å². The van der Waals surface area contributed by atoms with Crippen LogP contribution in [0.25, 0.3) is 0 Å². The molecule has 0 radical (unpaired) electrons. The summed E-state index contributed by atoms with van der Waals surface area (Å²) in [6.07, 6.45) is 2.15. The Morgan fingerprint density at radius 2 is 1.91 bits per heavy atom. The van der Waals surface area contributed by atoms with Crippen molar-refractivity contribution in [3.05, 3.63) is 41.3 Å². The smallest absolute Gasteiger partial charge is 0.232 e. The van der Waals surface area contributed by atoms with Crippen LogP contribution in [0, 0.1) is 6.92 Å². The van der Waals surface area contributed by atoms with Crippen LogP contribution < -0.4 is 10.0 Å². The molecule has 0 unspecified atom stereocenters. The zero-order chi connectivity index (χ0) is 16.2. The molecule has 2 aromatic rings. The number of nitrogens with one attached hydrogen (secondary N) is 2. The van der Waals surface area contributed by atoms with Crippen LogP contribution >= 0.6 is 11.6 Å². The number of anilines is 3. The van der Waals surface area contributed by atoms with E-state index >= 15 is 0 Å². The second-order valence-corrected chi connectivity index (χ2v) is 6.94. The molecule has 0 amide bonds. The first-order chi connectivity index (χ1) is 10.4. The number of rotatable bonds is 6. The fourth-order valence-corrected chi connectivity index (χ4v) is 3.13. The third-order valence-electron chi connectivity index (χ3n) is 2.86. The summed E-state index contributed by atoms with van der Waals surface area (Å²) in [7, 11) is -3.37. The second kappa shape index (κ2) is 6.93. The fraction of sp³-hybridized carbons (Fsp3) is 0.286. The molecule has 0 spiro atoms. The number of aromatic nitrogens is 2. The van der Waals surface area contributed by atoms with Crippen molar-refractivity contribution in [3.8, 4) is 0 Å². The van der Waals surface area contributed by atoms with Gasteiger partial charge in [-0.15, -0.1) is 0 Å². The Bertz CT molecular complexity index is 765. The topological polar surface area (TPSA) is 84.0 Å². The molecule has 0 bridgehead atoms. The van der Waals surface area contributed by atoms with Crippen LogP contribution in [0.15, 0.2) is 30.5 Å². The highest BCUT2D eigenvalue weighted by Crippen LogP contribution is 2.27. The summed E-state index contributed by atoms with van der Waals surface area (Å²) in [6.45, 7) is 3.65. The van der Waals surface area contributed by atoms with E-state index in [1.165, 1.54) is 0 Å². The van der Waals surface area contributed by atoms with E-state index in [1.807, 2.05) is 13.8 Å². The summed E-state index contributed by atoms with van der Waals surface area (Å²) < 4.78 is 26.5. The number of nitrogens with zero attached hydrogens (tertiary/aromatic N) is 2. The van der Waals surface area contributed by atoms with Crippen molar-refractivity contribution in [1.82, 2.24) is 9.97 Å². The first-order valence-electron chi connectivity index (χ1n) is 6.77. The van der Waals surface area contributed by atoms with Gasteiger partial charge in [-0.3, -0.25) is 4.72 Å². The number of halogens is 1. The molecule has 0 saturated carbocycles. The Kier molecular flexibility index (Phi) is 5.20. The molecule has 1 aromatic carbocycles. The number of sulfonamides is 1. The Morgan fingerprint density at radius 1 is 1.23 bits per heavy atom. The van der Waals surface area contributed by atoms with Gasteiger partial charge in [0.2, 0.25) is 15.3 Å². The molecular weight excluding hydrogens is 324 g/mol. The minimum absolute atomic E-state index is 0.0691. The molecule has 8 heteroatoms. The van der Waals surface area contributed by atoms with Gasteiger partial charge in [-0.1, -0.05) is 19.1 Å². The third kappa shape index (κ3) is 4.32. The van der Waals surface area contributed by atoms with Gasteiger partial charge in [-0.2, -0.15) is 0 Å². The van der Waals surface area contributed by atoms with Crippen molar-refractivity contribution in [1.29, 1.82) is 0 Å². The Hall–Kier alpha value is -1.86. The highest BCUT2D eigenvalue weighted by molar-refractivity contribution is 7.92. The normalized spacial score (nSPS) is 11.2. The second-order valence-electron chi connectivity index (χ2n) is 4.76. The van der Waals surface area contributed by atoms with Gasteiger partial charge in [-0.05, 0) is 37.1 Å². The van der Waals surface area contributed by atoms with Crippen molar-refractivity contribution >= 4 is 38.8 Å². The summed E-state index contributed by atoms with van der Waals surface area (Å²) in [5.74, 6) is 0.599. The number of benzene rings is 1. The van der Waals surface area contributed by atoms with Crippen LogP contribution in [0.5, 0.6) is 0 Å². The van der Waals surface area contributed by atoms with Crippen molar-refractivity contribution in [2.24, 2.45) is 0 Å². The van der Waals surface area contributed by atoms with Crippen LogP contribution in [0.2, 0.25) is 5.28 Å². The Morgan fingerprint density at radius 3 is 2.59 bits per heavy atom. The van der Waals surface area contributed by atoms with Crippen LogP contribution in [0.3, 0.4) is 0 Å². The van der Waals surface area contributed by atoms with Crippen molar-refractivity contribution in [2.75, 3.05) is 15.8 Å².